The van der Waals surface area contributed by atoms with Crippen molar-refractivity contribution in [2.24, 2.45) is 0 Å². The minimum absolute atomic E-state index is 0.137. The van der Waals surface area contributed by atoms with Gasteiger partial charge in [-0.1, -0.05) is 41.4 Å². The molecule has 1 aliphatic carbocycles. The lowest BCUT2D eigenvalue weighted by molar-refractivity contribution is -0.115. The van der Waals surface area contributed by atoms with Crippen LogP contribution in [0.2, 0.25) is 0 Å². The molecule has 0 N–H and O–H groups in total. The fourth-order valence-electron chi connectivity index (χ4n) is 2.00. The van der Waals surface area contributed by atoms with Gasteiger partial charge in [0.1, 0.15) is 0 Å². The Kier molecular flexibility index (Phi) is 2.92. The maximum atomic E-state index is 11.4. The summed E-state index contributed by atoms with van der Waals surface area (Å²) in [6.45, 7) is 2.06. The quantitative estimate of drug-likeness (QED) is 0.707. The second kappa shape index (κ2) is 4.19. The number of halogens is 1. The van der Waals surface area contributed by atoms with Gasteiger partial charge in [0, 0.05) is 11.5 Å². The molecule has 1 aliphatic rings. The highest BCUT2D eigenvalue weighted by Gasteiger charge is 2.21. The Labute approximate surface area is 94.8 Å². The van der Waals surface area contributed by atoms with Crippen LogP contribution in [0.15, 0.2) is 35.4 Å². The summed E-state index contributed by atoms with van der Waals surface area (Å²) in [5.41, 5.74) is 2.44. The third-order valence-corrected chi connectivity index (χ3v) is 2.98. The average Bonchev–Trinajstić information content (AvgIpc) is 2.16. The number of ketones is 1. The zero-order valence-corrected chi connectivity index (χ0v) is 9.42. The van der Waals surface area contributed by atoms with Gasteiger partial charge in [-0.15, -0.1) is 0 Å². The Morgan fingerprint density at radius 1 is 1.33 bits per heavy atom. The molecule has 0 unspecified atom stereocenters. The van der Waals surface area contributed by atoms with E-state index >= 15 is 0 Å². The van der Waals surface area contributed by atoms with Gasteiger partial charge in [-0.05, 0) is 30.9 Å². The van der Waals surface area contributed by atoms with E-state index in [0.717, 1.165) is 6.42 Å². The van der Waals surface area contributed by atoms with Crippen LogP contribution in [-0.4, -0.2) is 5.78 Å². The standard InChI is InChI=1S/C13H13ClO/c1-9-3-2-4-10(5-9)11-6-12(14)8-13(15)7-11/h2-5,8,11H,6-7H2,1H3/t11-/m1/s1. The Hall–Kier alpha value is -1.08. The van der Waals surface area contributed by atoms with Gasteiger partial charge < -0.3 is 0 Å². The fourth-order valence-corrected chi connectivity index (χ4v) is 2.31. The maximum Gasteiger partial charge on any atom is 0.157 e. The summed E-state index contributed by atoms with van der Waals surface area (Å²) in [6, 6.07) is 8.29. The second-order valence-electron chi connectivity index (χ2n) is 4.08. The van der Waals surface area contributed by atoms with Crippen molar-refractivity contribution in [1.82, 2.24) is 0 Å². The molecule has 0 aromatic heterocycles. The molecule has 1 nitrogen and oxygen atoms in total. The van der Waals surface area contributed by atoms with Crippen molar-refractivity contribution in [3.05, 3.63) is 46.5 Å². The van der Waals surface area contributed by atoms with E-state index in [1.165, 1.54) is 11.1 Å². The first-order chi connectivity index (χ1) is 7.15. The van der Waals surface area contributed by atoms with Crippen LogP contribution in [0.3, 0.4) is 0 Å². The van der Waals surface area contributed by atoms with Crippen LogP contribution in [-0.2, 0) is 4.79 Å². The van der Waals surface area contributed by atoms with Gasteiger partial charge in [0.15, 0.2) is 5.78 Å². The van der Waals surface area contributed by atoms with E-state index in [1.54, 1.807) is 6.08 Å². The molecule has 0 spiro atoms. The average molecular weight is 221 g/mol. The summed E-state index contributed by atoms with van der Waals surface area (Å²) in [4.78, 5) is 11.4. The maximum absolute atomic E-state index is 11.4. The minimum atomic E-state index is 0.137. The first kappa shape index (κ1) is 10.4. The molecule has 0 aliphatic heterocycles. The van der Waals surface area contributed by atoms with E-state index in [-0.39, 0.29) is 11.7 Å². The minimum Gasteiger partial charge on any atom is -0.295 e. The summed E-state index contributed by atoms with van der Waals surface area (Å²) in [6.07, 6.45) is 2.92. The third-order valence-electron chi connectivity index (χ3n) is 2.72. The normalized spacial score (nSPS) is 21.3. The van der Waals surface area contributed by atoms with Crippen LogP contribution in [0.1, 0.15) is 29.9 Å². The number of allylic oxidation sites excluding steroid dienone is 2. The van der Waals surface area contributed by atoms with Gasteiger partial charge in [0.2, 0.25) is 0 Å². The van der Waals surface area contributed by atoms with E-state index in [9.17, 15) is 4.79 Å². The monoisotopic (exact) mass is 220 g/mol. The van der Waals surface area contributed by atoms with Crippen LogP contribution in [0, 0.1) is 6.92 Å². The zero-order valence-electron chi connectivity index (χ0n) is 8.66. The topological polar surface area (TPSA) is 17.1 Å². The lowest BCUT2D eigenvalue weighted by Gasteiger charge is -2.19. The number of hydrogen-bond acceptors (Lipinski definition) is 1. The molecular weight excluding hydrogens is 208 g/mol. The second-order valence-corrected chi connectivity index (χ2v) is 4.56. The molecule has 0 fully saturated rings. The van der Waals surface area contributed by atoms with Crippen molar-refractivity contribution >= 4 is 17.4 Å². The van der Waals surface area contributed by atoms with Gasteiger partial charge >= 0.3 is 0 Å². The van der Waals surface area contributed by atoms with Crippen LogP contribution in [0.4, 0.5) is 0 Å². The molecule has 78 valence electrons. The first-order valence-electron chi connectivity index (χ1n) is 5.10. The van der Waals surface area contributed by atoms with E-state index in [0.29, 0.717) is 11.5 Å². The van der Waals surface area contributed by atoms with E-state index in [2.05, 4.69) is 25.1 Å². The van der Waals surface area contributed by atoms with Crippen LogP contribution in [0.5, 0.6) is 0 Å². The molecule has 1 aromatic rings. The van der Waals surface area contributed by atoms with Crippen molar-refractivity contribution in [2.75, 3.05) is 0 Å². The summed E-state index contributed by atoms with van der Waals surface area (Å²) in [5.74, 6) is 0.396. The summed E-state index contributed by atoms with van der Waals surface area (Å²) in [7, 11) is 0. The highest BCUT2D eigenvalue weighted by atomic mass is 35.5. The molecule has 0 saturated heterocycles. The van der Waals surface area contributed by atoms with Gasteiger partial charge in [-0.2, -0.15) is 0 Å². The molecular formula is C13H13ClO. The fraction of sp³-hybridized carbons (Fsp3) is 0.308. The Morgan fingerprint density at radius 2 is 2.13 bits per heavy atom. The summed E-state index contributed by atoms with van der Waals surface area (Å²) in [5, 5.41) is 0.678. The molecule has 0 amide bonds. The first-order valence-corrected chi connectivity index (χ1v) is 5.48. The molecule has 0 radical (unpaired) electrons. The highest BCUT2D eigenvalue weighted by Crippen LogP contribution is 2.33. The lowest BCUT2D eigenvalue weighted by atomic mass is 9.86. The van der Waals surface area contributed by atoms with Crippen LogP contribution in [0.25, 0.3) is 0 Å². The molecule has 15 heavy (non-hydrogen) atoms. The lowest BCUT2D eigenvalue weighted by Crippen LogP contribution is -2.11. The molecule has 0 heterocycles. The van der Waals surface area contributed by atoms with Crippen molar-refractivity contribution in [3.8, 4) is 0 Å². The SMILES string of the molecule is Cc1cccc([C@H]2CC(=O)C=C(Cl)C2)c1. The molecule has 1 aromatic carbocycles. The smallest absolute Gasteiger partial charge is 0.157 e. The van der Waals surface area contributed by atoms with Crippen LogP contribution >= 0.6 is 11.6 Å². The van der Waals surface area contributed by atoms with Gasteiger partial charge in [0.25, 0.3) is 0 Å². The Bertz CT molecular complexity index is 420. The highest BCUT2D eigenvalue weighted by molar-refractivity contribution is 6.31. The Morgan fingerprint density at radius 3 is 2.80 bits per heavy atom. The van der Waals surface area contributed by atoms with Crippen molar-refractivity contribution in [1.29, 1.82) is 0 Å². The third kappa shape index (κ3) is 2.48. The van der Waals surface area contributed by atoms with Gasteiger partial charge in [-0.3, -0.25) is 4.79 Å². The molecule has 1 atom stereocenters. The molecule has 0 bridgehead atoms. The molecule has 0 saturated carbocycles. The van der Waals surface area contributed by atoms with E-state index in [1.807, 2.05) is 6.07 Å². The van der Waals surface area contributed by atoms with Crippen LogP contribution < -0.4 is 0 Å². The molecule has 2 rings (SSSR count). The number of aryl methyl sites for hydroxylation is 1. The Balaban J connectivity index is 2.26. The van der Waals surface area contributed by atoms with Crippen molar-refractivity contribution in [2.45, 2.75) is 25.7 Å². The van der Waals surface area contributed by atoms with Crippen molar-refractivity contribution < 1.29 is 4.79 Å². The number of carbonyl (C=O) groups is 1. The van der Waals surface area contributed by atoms with E-state index in [4.69, 9.17) is 11.6 Å². The summed E-state index contributed by atoms with van der Waals surface area (Å²) >= 11 is 5.94. The molecule has 2 heteroatoms. The zero-order chi connectivity index (χ0) is 10.8. The number of rotatable bonds is 1. The number of carbonyl (C=O) groups excluding carboxylic acids is 1. The van der Waals surface area contributed by atoms with Crippen molar-refractivity contribution in [3.63, 3.8) is 0 Å². The van der Waals surface area contributed by atoms with E-state index < -0.39 is 0 Å². The largest absolute Gasteiger partial charge is 0.295 e. The number of benzene rings is 1. The van der Waals surface area contributed by atoms with Gasteiger partial charge in [0.05, 0.1) is 0 Å². The predicted molar refractivity (Wildman–Crippen MR) is 62.1 cm³/mol. The number of hydrogen-bond donors (Lipinski definition) is 0. The summed E-state index contributed by atoms with van der Waals surface area (Å²) < 4.78 is 0. The van der Waals surface area contributed by atoms with Gasteiger partial charge in [-0.25, -0.2) is 0 Å². The predicted octanol–water partition coefficient (Wildman–Crippen LogP) is 3.56.